The second kappa shape index (κ2) is 8.90. The highest BCUT2D eigenvalue weighted by Crippen LogP contribution is 2.33. The van der Waals surface area contributed by atoms with E-state index in [2.05, 4.69) is 0 Å². The van der Waals surface area contributed by atoms with Crippen LogP contribution in [0.5, 0.6) is 5.75 Å². The van der Waals surface area contributed by atoms with Gasteiger partial charge in [0.1, 0.15) is 5.75 Å². The van der Waals surface area contributed by atoms with Gasteiger partial charge in [0.25, 0.3) is 0 Å². The third kappa shape index (κ3) is 6.19. The lowest BCUT2D eigenvalue weighted by Crippen LogP contribution is -2.07. The van der Waals surface area contributed by atoms with Crippen LogP contribution in [-0.2, 0) is 6.18 Å². The summed E-state index contributed by atoms with van der Waals surface area (Å²) >= 11 is 0. The van der Waals surface area contributed by atoms with Crippen LogP contribution < -0.4 is 4.74 Å². The molecule has 0 spiro atoms. The second-order valence-electron chi connectivity index (χ2n) is 2.68. The SMILES string of the molecule is CC.CC.COc1ccc(C(F)(F)F)c(C)c1. The van der Waals surface area contributed by atoms with Crippen molar-refractivity contribution >= 4 is 0 Å². The van der Waals surface area contributed by atoms with E-state index in [4.69, 9.17) is 4.74 Å². The van der Waals surface area contributed by atoms with Crippen molar-refractivity contribution in [1.29, 1.82) is 0 Å². The van der Waals surface area contributed by atoms with E-state index < -0.39 is 11.7 Å². The molecule has 0 unspecified atom stereocenters. The fourth-order valence-electron chi connectivity index (χ4n) is 1.08. The summed E-state index contributed by atoms with van der Waals surface area (Å²) < 4.78 is 41.5. The van der Waals surface area contributed by atoms with Crippen LogP contribution in [-0.4, -0.2) is 7.11 Å². The Bertz CT molecular complexity index is 306. The zero-order chi connectivity index (χ0) is 14.1. The van der Waals surface area contributed by atoms with Crippen molar-refractivity contribution in [2.24, 2.45) is 0 Å². The fourth-order valence-corrected chi connectivity index (χ4v) is 1.08. The first-order valence-corrected chi connectivity index (χ1v) is 5.67. The zero-order valence-electron chi connectivity index (χ0n) is 11.3. The van der Waals surface area contributed by atoms with Crippen LogP contribution in [0.4, 0.5) is 13.2 Å². The molecule has 1 rings (SSSR count). The minimum atomic E-state index is -4.28. The molecule has 100 valence electrons. The number of aryl methyl sites for hydroxylation is 1. The number of rotatable bonds is 1. The molecule has 0 aromatic heterocycles. The molecule has 0 radical (unpaired) electrons. The predicted octanol–water partition coefficient (Wildman–Crippen LogP) is 5.07. The summed E-state index contributed by atoms with van der Waals surface area (Å²) in [7, 11) is 1.42. The van der Waals surface area contributed by atoms with Gasteiger partial charge in [-0.2, -0.15) is 13.2 Å². The Labute approximate surface area is 102 Å². The molecule has 0 saturated heterocycles. The van der Waals surface area contributed by atoms with Crippen molar-refractivity contribution in [2.75, 3.05) is 7.11 Å². The van der Waals surface area contributed by atoms with Gasteiger partial charge < -0.3 is 4.74 Å². The molecule has 0 aliphatic carbocycles. The molecule has 1 aromatic rings. The summed E-state index contributed by atoms with van der Waals surface area (Å²) in [5.74, 6) is 0.436. The molecule has 0 aliphatic rings. The van der Waals surface area contributed by atoms with Crippen LogP contribution in [0, 0.1) is 6.92 Å². The van der Waals surface area contributed by atoms with Gasteiger partial charge in [-0.1, -0.05) is 27.7 Å². The van der Waals surface area contributed by atoms with Gasteiger partial charge in [-0.3, -0.25) is 0 Å². The molecule has 0 bridgehead atoms. The van der Waals surface area contributed by atoms with Gasteiger partial charge in [0.2, 0.25) is 0 Å². The Morgan fingerprint density at radius 1 is 1.00 bits per heavy atom. The van der Waals surface area contributed by atoms with Crippen molar-refractivity contribution in [3.63, 3.8) is 0 Å². The number of ether oxygens (including phenoxy) is 1. The molecule has 0 aliphatic heterocycles. The van der Waals surface area contributed by atoms with Crippen LogP contribution in [0.3, 0.4) is 0 Å². The van der Waals surface area contributed by atoms with Gasteiger partial charge in [0.15, 0.2) is 0 Å². The molecule has 0 fully saturated rings. The van der Waals surface area contributed by atoms with E-state index in [1.807, 2.05) is 27.7 Å². The Hall–Kier alpha value is -1.19. The van der Waals surface area contributed by atoms with Crippen LogP contribution in [0.25, 0.3) is 0 Å². The first-order chi connectivity index (χ1) is 7.95. The lowest BCUT2D eigenvalue weighted by atomic mass is 10.1. The van der Waals surface area contributed by atoms with Crippen LogP contribution in [0.1, 0.15) is 38.8 Å². The first-order valence-electron chi connectivity index (χ1n) is 5.67. The van der Waals surface area contributed by atoms with Crippen molar-refractivity contribution in [3.05, 3.63) is 29.3 Å². The Balaban J connectivity index is 0. The lowest BCUT2D eigenvalue weighted by molar-refractivity contribution is -0.138. The average Bonchev–Trinajstić information content (AvgIpc) is 2.32. The summed E-state index contributed by atoms with van der Waals surface area (Å²) in [6.07, 6.45) is -4.28. The molecule has 4 heteroatoms. The molecule has 0 heterocycles. The van der Waals surface area contributed by atoms with Crippen LogP contribution in [0.2, 0.25) is 0 Å². The van der Waals surface area contributed by atoms with Gasteiger partial charge in [0, 0.05) is 0 Å². The quantitative estimate of drug-likeness (QED) is 0.675. The maximum Gasteiger partial charge on any atom is 0.416 e. The van der Waals surface area contributed by atoms with E-state index in [0.29, 0.717) is 5.75 Å². The Morgan fingerprint density at radius 3 is 1.76 bits per heavy atom. The third-order valence-electron chi connectivity index (χ3n) is 1.74. The average molecular weight is 250 g/mol. The van der Waals surface area contributed by atoms with E-state index in [0.717, 1.165) is 6.07 Å². The smallest absolute Gasteiger partial charge is 0.416 e. The van der Waals surface area contributed by atoms with Gasteiger partial charge in [0.05, 0.1) is 12.7 Å². The predicted molar refractivity (Wildman–Crippen MR) is 65.4 cm³/mol. The topological polar surface area (TPSA) is 9.23 Å². The van der Waals surface area contributed by atoms with Crippen molar-refractivity contribution < 1.29 is 17.9 Å². The largest absolute Gasteiger partial charge is 0.497 e. The highest BCUT2D eigenvalue weighted by molar-refractivity contribution is 5.36. The van der Waals surface area contributed by atoms with Crippen molar-refractivity contribution in [2.45, 2.75) is 40.8 Å². The molecule has 1 nitrogen and oxygen atoms in total. The number of hydrogen-bond donors (Lipinski definition) is 0. The maximum absolute atomic E-state index is 12.2. The van der Waals surface area contributed by atoms with E-state index in [1.54, 1.807) is 0 Å². The third-order valence-corrected chi connectivity index (χ3v) is 1.74. The fraction of sp³-hybridized carbons (Fsp3) is 0.538. The Morgan fingerprint density at radius 2 is 1.47 bits per heavy atom. The van der Waals surface area contributed by atoms with E-state index in [1.165, 1.54) is 26.2 Å². The van der Waals surface area contributed by atoms with Gasteiger partial charge in [-0.25, -0.2) is 0 Å². The lowest BCUT2D eigenvalue weighted by Gasteiger charge is -2.10. The molecule has 17 heavy (non-hydrogen) atoms. The second-order valence-corrected chi connectivity index (χ2v) is 2.68. The summed E-state index contributed by atoms with van der Waals surface area (Å²) in [6.45, 7) is 9.41. The number of alkyl halides is 3. The normalized spacial score (nSPS) is 9.47. The molecular formula is C13H21F3O. The Kier molecular flexibility index (Phi) is 9.52. The molecule has 0 N–H and O–H groups in total. The van der Waals surface area contributed by atoms with Crippen LogP contribution in [0.15, 0.2) is 18.2 Å². The monoisotopic (exact) mass is 250 g/mol. The number of methoxy groups -OCH3 is 1. The maximum atomic E-state index is 12.2. The minimum absolute atomic E-state index is 0.173. The molecule has 0 saturated carbocycles. The highest BCUT2D eigenvalue weighted by Gasteiger charge is 2.32. The van der Waals surface area contributed by atoms with Gasteiger partial charge in [-0.15, -0.1) is 0 Å². The summed E-state index contributed by atoms with van der Waals surface area (Å²) in [6, 6.07) is 3.69. The highest BCUT2D eigenvalue weighted by atomic mass is 19.4. The summed E-state index contributed by atoms with van der Waals surface area (Å²) in [5.41, 5.74) is -0.444. The molecule has 0 amide bonds. The van der Waals surface area contributed by atoms with E-state index >= 15 is 0 Å². The van der Waals surface area contributed by atoms with Gasteiger partial charge in [-0.05, 0) is 30.7 Å². The summed E-state index contributed by atoms with van der Waals surface area (Å²) in [5, 5.41) is 0. The molecule has 1 aromatic carbocycles. The van der Waals surface area contributed by atoms with Crippen molar-refractivity contribution in [1.82, 2.24) is 0 Å². The number of hydrogen-bond acceptors (Lipinski definition) is 1. The minimum Gasteiger partial charge on any atom is -0.497 e. The van der Waals surface area contributed by atoms with Gasteiger partial charge >= 0.3 is 6.18 Å². The summed E-state index contributed by atoms with van der Waals surface area (Å²) in [4.78, 5) is 0. The zero-order valence-corrected chi connectivity index (χ0v) is 11.3. The standard InChI is InChI=1S/C9H9F3O.2C2H6/c1-6-5-7(13-2)3-4-8(6)9(10,11)12;2*1-2/h3-5H,1-2H3;2*1-2H3. The molecular weight excluding hydrogens is 229 g/mol. The number of benzene rings is 1. The van der Waals surface area contributed by atoms with E-state index in [-0.39, 0.29) is 5.56 Å². The molecule has 0 atom stereocenters. The first kappa shape index (κ1) is 18.2. The van der Waals surface area contributed by atoms with E-state index in [9.17, 15) is 13.2 Å². The van der Waals surface area contributed by atoms with Crippen molar-refractivity contribution in [3.8, 4) is 5.75 Å². The van der Waals surface area contributed by atoms with Crippen LogP contribution >= 0.6 is 0 Å². The number of halogens is 3.